The molecule has 0 saturated carbocycles. The number of nitrogens with one attached hydrogen (secondary N) is 1. The molecule has 2 amide bonds. The van der Waals surface area contributed by atoms with Crippen LogP contribution < -0.4 is 10.2 Å². The van der Waals surface area contributed by atoms with Crippen molar-refractivity contribution in [2.75, 3.05) is 4.90 Å². The van der Waals surface area contributed by atoms with Crippen molar-refractivity contribution in [2.24, 2.45) is 5.92 Å². The van der Waals surface area contributed by atoms with Gasteiger partial charge in [0.25, 0.3) is 0 Å². The van der Waals surface area contributed by atoms with Crippen molar-refractivity contribution in [1.82, 2.24) is 5.32 Å². The van der Waals surface area contributed by atoms with E-state index in [1.807, 2.05) is 25.1 Å². The molecule has 102 valence electrons. The summed E-state index contributed by atoms with van der Waals surface area (Å²) >= 11 is 5.07. The Bertz CT molecular complexity index is 493. The smallest absolute Gasteiger partial charge is 0.245 e. The highest BCUT2D eigenvalue weighted by Crippen LogP contribution is 2.22. The maximum Gasteiger partial charge on any atom is 0.245 e. The summed E-state index contributed by atoms with van der Waals surface area (Å²) in [6, 6.07) is 9.12. The minimum Gasteiger partial charge on any atom is -0.302 e. The topological polar surface area (TPSA) is 49.4 Å². The molecule has 0 aliphatic carbocycles. The molecule has 0 aromatic heterocycles. The molecule has 1 N–H and O–H groups in total. The molecule has 4 nitrogen and oxygen atoms in total. The van der Waals surface area contributed by atoms with Crippen molar-refractivity contribution in [2.45, 2.75) is 19.8 Å². The van der Waals surface area contributed by atoms with E-state index in [9.17, 15) is 9.59 Å². The fourth-order valence-electron chi connectivity index (χ4n) is 1.98. The highest BCUT2D eigenvalue weighted by molar-refractivity contribution is 7.80. The van der Waals surface area contributed by atoms with Gasteiger partial charge in [-0.2, -0.15) is 0 Å². The third-order valence-electron chi connectivity index (χ3n) is 2.86. The van der Waals surface area contributed by atoms with E-state index in [1.165, 1.54) is 4.90 Å². The van der Waals surface area contributed by atoms with Gasteiger partial charge in [0.15, 0.2) is 5.11 Å². The first kappa shape index (κ1) is 15.6. The Morgan fingerprint density at radius 3 is 2.47 bits per heavy atom. The third kappa shape index (κ3) is 3.11. The predicted octanol–water partition coefficient (Wildman–Crippen LogP) is 2.27. The summed E-state index contributed by atoms with van der Waals surface area (Å²) in [5.74, 6) is -1.17. The molecule has 1 unspecified atom stereocenters. The van der Waals surface area contributed by atoms with Gasteiger partial charge in [-0.3, -0.25) is 14.5 Å². The van der Waals surface area contributed by atoms with Gasteiger partial charge in [-0.25, -0.2) is 0 Å². The number of benzene rings is 1. The number of nitrogens with zero attached hydrogens (tertiary/aromatic N) is 1. The van der Waals surface area contributed by atoms with Gasteiger partial charge in [0.2, 0.25) is 11.8 Å². The van der Waals surface area contributed by atoms with Crippen molar-refractivity contribution in [3.8, 4) is 0 Å². The Morgan fingerprint density at radius 2 is 1.89 bits per heavy atom. The van der Waals surface area contributed by atoms with E-state index in [4.69, 9.17) is 12.2 Å². The van der Waals surface area contributed by atoms with E-state index >= 15 is 0 Å². The number of hydrogen-bond donors (Lipinski definition) is 1. The first-order valence-electron chi connectivity index (χ1n) is 5.89. The summed E-state index contributed by atoms with van der Waals surface area (Å²) < 4.78 is 0. The molecular formula is C13H15ClN2O2S. The second-order valence-corrected chi connectivity index (χ2v) is 4.53. The van der Waals surface area contributed by atoms with Crippen LogP contribution in [0.2, 0.25) is 0 Å². The minimum atomic E-state index is -0.637. The average Bonchev–Trinajstić information content (AvgIpc) is 2.35. The average molecular weight is 299 g/mol. The Hall–Kier alpha value is -1.46. The number of halogens is 1. The molecule has 1 fully saturated rings. The number of carbonyl (C=O) groups is 2. The van der Waals surface area contributed by atoms with Crippen LogP contribution in [0.1, 0.15) is 19.8 Å². The molecule has 1 atom stereocenters. The van der Waals surface area contributed by atoms with Crippen LogP contribution in [0, 0.1) is 5.92 Å². The van der Waals surface area contributed by atoms with Crippen molar-refractivity contribution in [3.05, 3.63) is 30.3 Å². The maximum absolute atomic E-state index is 12.3. The van der Waals surface area contributed by atoms with Crippen molar-refractivity contribution in [1.29, 1.82) is 0 Å². The van der Waals surface area contributed by atoms with Crippen LogP contribution in [0.3, 0.4) is 0 Å². The lowest BCUT2D eigenvalue weighted by Crippen LogP contribution is -2.58. The lowest BCUT2D eigenvalue weighted by Gasteiger charge is -2.32. The molecule has 2 rings (SSSR count). The monoisotopic (exact) mass is 298 g/mol. The lowest BCUT2D eigenvalue weighted by atomic mass is 9.99. The fourth-order valence-corrected chi connectivity index (χ4v) is 2.28. The molecule has 1 aromatic rings. The maximum atomic E-state index is 12.3. The van der Waals surface area contributed by atoms with E-state index in [1.54, 1.807) is 12.1 Å². The molecule has 6 heteroatoms. The van der Waals surface area contributed by atoms with E-state index in [0.717, 1.165) is 6.42 Å². The Kier molecular flexibility index (Phi) is 5.44. The molecule has 19 heavy (non-hydrogen) atoms. The van der Waals surface area contributed by atoms with Gasteiger partial charge in [0, 0.05) is 0 Å². The molecule has 1 aromatic carbocycles. The Morgan fingerprint density at radius 1 is 1.26 bits per heavy atom. The quantitative estimate of drug-likeness (QED) is 0.688. The van der Waals surface area contributed by atoms with Crippen molar-refractivity contribution in [3.63, 3.8) is 0 Å². The molecular weight excluding hydrogens is 284 g/mol. The number of hydrogen-bond acceptors (Lipinski definition) is 3. The van der Waals surface area contributed by atoms with Gasteiger partial charge >= 0.3 is 0 Å². The summed E-state index contributed by atoms with van der Waals surface area (Å²) in [6.45, 7) is 1.94. The van der Waals surface area contributed by atoms with Crippen LogP contribution in [-0.4, -0.2) is 16.9 Å². The van der Waals surface area contributed by atoms with Crippen LogP contribution in [0.4, 0.5) is 5.69 Å². The van der Waals surface area contributed by atoms with Crippen LogP contribution in [0.5, 0.6) is 0 Å². The predicted molar refractivity (Wildman–Crippen MR) is 80.3 cm³/mol. The zero-order chi connectivity index (χ0) is 13.1. The van der Waals surface area contributed by atoms with E-state index in [0.29, 0.717) is 12.1 Å². The van der Waals surface area contributed by atoms with E-state index in [-0.39, 0.29) is 29.3 Å². The number of para-hydroxylation sites is 1. The number of carbonyl (C=O) groups excluding carboxylic acids is 2. The van der Waals surface area contributed by atoms with Crippen molar-refractivity contribution >= 4 is 47.2 Å². The molecule has 0 spiro atoms. The standard InChI is InChI=1S/C13H14N2O2S.ClH/c1-2-6-10-11(16)14-13(18)15(12(10)17)9-7-4-3-5-8-9;/h3-5,7-8,10H,2,6H2,1H3,(H,14,16,18);1H. The number of thiocarbonyl (C=S) groups is 1. The molecule has 0 radical (unpaired) electrons. The van der Waals surface area contributed by atoms with Crippen molar-refractivity contribution < 1.29 is 9.59 Å². The molecule has 1 aliphatic rings. The molecule has 1 heterocycles. The second-order valence-electron chi connectivity index (χ2n) is 4.14. The molecule has 1 saturated heterocycles. The Balaban J connectivity index is 0.00000180. The first-order chi connectivity index (χ1) is 8.65. The summed E-state index contributed by atoms with van der Waals surface area (Å²) in [6.07, 6.45) is 1.32. The zero-order valence-corrected chi connectivity index (χ0v) is 12.1. The van der Waals surface area contributed by atoms with Gasteiger partial charge < -0.3 is 5.32 Å². The number of amides is 2. The van der Waals surface area contributed by atoms with Crippen LogP contribution >= 0.6 is 24.6 Å². The first-order valence-corrected chi connectivity index (χ1v) is 6.29. The second kappa shape index (κ2) is 6.63. The van der Waals surface area contributed by atoms with Gasteiger partial charge in [0.1, 0.15) is 5.92 Å². The van der Waals surface area contributed by atoms with Crippen LogP contribution in [0.15, 0.2) is 30.3 Å². The normalized spacial score (nSPS) is 18.9. The van der Waals surface area contributed by atoms with Crippen LogP contribution in [-0.2, 0) is 9.59 Å². The number of rotatable bonds is 3. The number of anilines is 1. The summed E-state index contributed by atoms with van der Waals surface area (Å²) in [5, 5.41) is 2.75. The molecule has 0 bridgehead atoms. The highest BCUT2D eigenvalue weighted by Gasteiger charge is 2.38. The Labute approximate surface area is 123 Å². The third-order valence-corrected chi connectivity index (χ3v) is 3.14. The fraction of sp³-hybridized carbons (Fsp3) is 0.308. The summed E-state index contributed by atoms with van der Waals surface area (Å²) in [5.41, 5.74) is 0.689. The van der Waals surface area contributed by atoms with E-state index in [2.05, 4.69) is 5.32 Å². The van der Waals surface area contributed by atoms with Gasteiger partial charge in [-0.1, -0.05) is 31.5 Å². The summed E-state index contributed by atoms with van der Waals surface area (Å²) in [4.78, 5) is 25.4. The highest BCUT2D eigenvalue weighted by atomic mass is 35.5. The molecule has 1 aliphatic heterocycles. The lowest BCUT2D eigenvalue weighted by molar-refractivity contribution is -0.133. The minimum absolute atomic E-state index is 0. The zero-order valence-electron chi connectivity index (χ0n) is 10.5. The van der Waals surface area contributed by atoms with Gasteiger partial charge in [-0.15, -0.1) is 12.4 Å². The largest absolute Gasteiger partial charge is 0.302 e. The van der Waals surface area contributed by atoms with Crippen LogP contribution in [0.25, 0.3) is 0 Å². The van der Waals surface area contributed by atoms with Gasteiger partial charge in [-0.05, 0) is 30.8 Å². The van der Waals surface area contributed by atoms with E-state index < -0.39 is 5.92 Å². The van der Waals surface area contributed by atoms with Gasteiger partial charge in [0.05, 0.1) is 5.69 Å². The SMILES string of the molecule is CCCC1C(=O)NC(=S)N(c2ccccc2)C1=O.Cl. The summed E-state index contributed by atoms with van der Waals surface area (Å²) in [7, 11) is 0.